The zero-order valence-electron chi connectivity index (χ0n) is 11.4. The van der Waals surface area contributed by atoms with Gasteiger partial charge in [0, 0.05) is 6.42 Å². The van der Waals surface area contributed by atoms with E-state index < -0.39 is 41.8 Å². The first-order valence-electron chi connectivity index (χ1n) is 5.98. The molecule has 114 valence electrons. The first-order chi connectivity index (χ1) is 9.09. The van der Waals surface area contributed by atoms with E-state index in [0.29, 0.717) is 4.90 Å². The molecule has 3 atom stereocenters. The summed E-state index contributed by atoms with van der Waals surface area (Å²) in [5, 5.41) is 9.14. The second-order valence-electron chi connectivity index (χ2n) is 4.48. The summed E-state index contributed by atoms with van der Waals surface area (Å²) in [7, 11) is 0. The number of nitrogens with zero attached hydrogens (tertiary/aromatic N) is 1. The Balaban J connectivity index is 5.41. The zero-order chi connectivity index (χ0) is 16.0. The lowest BCUT2D eigenvalue weighted by Gasteiger charge is -2.29. The number of primary amides is 1. The molecule has 0 radical (unpaired) electrons. The van der Waals surface area contributed by atoms with Gasteiger partial charge in [0.15, 0.2) is 0 Å². The molecule has 0 aromatic rings. The molecule has 0 aliphatic rings. The van der Waals surface area contributed by atoms with Crippen LogP contribution in [0.15, 0.2) is 0 Å². The van der Waals surface area contributed by atoms with Crippen molar-refractivity contribution >= 4 is 23.7 Å². The van der Waals surface area contributed by atoms with Gasteiger partial charge in [0.25, 0.3) is 0 Å². The fraction of sp³-hybridized carbons (Fsp3) is 0.636. The van der Waals surface area contributed by atoms with Gasteiger partial charge >= 0.3 is 5.97 Å². The van der Waals surface area contributed by atoms with E-state index in [9.17, 15) is 19.2 Å². The molecule has 3 amide bonds. The molecule has 9 nitrogen and oxygen atoms in total. The molecule has 9 heteroatoms. The second kappa shape index (κ2) is 7.56. The largest absolute Gasteiger partial charge is 0.480 e. The van der Waals surface area contributed by atoms with E-state index in [1.165, 1.54) is 13.8 Å². The van der Waals surface area contributed by atoms with E-state index >= 15 is 0 Å². The van der Waals surface area contributed by atoms with E-state index in [1.54, 1.807) is 0 Å². The highest BCUT2D eigenvalue weighted by Gasteiger charge is 2.37. The number of carbonyl (C=O) groups is 4. The monoisotopic (exact) mass is 288 g/mol. The van der Waals surface area contributed by atoms with Gasteiger partial charge in [0.05, 0.1) is 12.1 Å². The van der Waals surface area contributed by atoms with Crippen LogP contribution in [0.3, 0.4) is 0 Å². The molecule has 3 unspecified atom stereocenters. The van der Waals surface area contributed by atoms with Gasteiger partial charge in [-0.3, -0.25) is 19.3 Å². The molecule has 20 heavy (non-hydrogen) atoms. The molecule has 0 fully saturated rings. The fourth-order valence-electron chi connectivity index (χ4n) is 1.50. The van der Waals surface area contributed by atoms with Crippen LogP contribution < -0.4 is 17.2 Å². The molecule has 0 aliphatic heterocycles. The summed E-state index contributed by atoms with van der Waals surface area (Å²) in [6.45, 7) is 2.63. The van der Waals surface area contributed by atoms with E-state index in [0.717, 1.165) is 0 Å². The minimum atomic E-state index is -1.53. The Kier molecular flexibility index (Phi) is 6.80. The maximum atomic E-state index is 11.9. The number of aliphatic carboxylic acids is 1. The standard InChI is InChI=1S/C11H20N4O5/c1-5(12)9(17)15(10(18)6(2)13)7(11(19)20)3-4-8(14)16/h5-7H,3-4,12-13H2,1-2H3,(H2,14,16)(H,19,20). The van der Waals surface area contributed by atoms with Gasteiger partial charge in [-0.15, -0.1) is 0 Å². The summed E-state index contributed by atoms with van der Waals surface area (Å²) in [5.41, 5.74) is 15.7. The van der Waals surface area contributed by atoms with Crippen molar-refractivity contribution < 1.29 is 24.3 Å². The molecule has 0 aliphatic carbocycles. The number of amides is 3. The Morgan fingerprint density at radius 3 is 1.70 bits per heavy atom. The number of rotatable bonds is 7. The first-order valence-corrected chi connectivity index (χ1v) is 5.98. The quantitative estimate of drug-likeness (QED) is 0.410. The smallest absolute Gasteiger partial charge is 0.326 e. The van der Waals surface area contributed by atoms with Crippen molar-refractivity contribution in [2.75, 3.05) is 0 Å². The number of carboxylic acids is 1. The zero-order valence-corrected chi connectivity index (χ0v) is 11.4. The third kappa shape index (κ3) is 4.94. The molecule has 7 N–H and O–H groups in total. The van der Waals surface area contributed by atoms with Crippen molar-refractivity contribution in [3.8, 4) is 0 Å². The Hall–Kier alpha value is -2.00. The Bertz CT molecular complexity index is 388. The lowest BCUT2D eigenvalue weighted by molar-refractivity contribution is -0.159. The number of hydrogen-bond donors (Lipinski definition) is 4. The van der Waals surface area contributed by atoms with Crippen molar-refractivity contribution in [1.82, 2.24) is 4.90 Å². The third-order valence-corrected chi connectivity index (χ3v) is 2.51. The lowest BCUT2D eigenvalue weighted by atomic mass is 10.1. The average Bonchev–Trinajstić information content (AvgIpc) is 2.31. The summed E-state index contributed by atoms with van der Waals surface area (Å²) < 4.78 is 0. The van der Waals surface area contributed by atoms with Crippen LogP contribution in [0.1, 0.15) is 26.7 Å². The van der Waals surface area contributed by atoms with Crippen LogP contribution in [0.2, 0.25) is 0 Å². The molecule has 0 spiro atoms. The van der Waals surface area contributed by atoms with Gasteiger partial charge in [-0.05, 0) is 20.3 Å². The molecule has 0 aromatic carbocycles. The van der Waals surface area contributed by atoms with Crippen LogP contribution in [0.25, 0.3) is 0 Å². The minimum Gasteiger partial charge on any atom is -0.480 e. The maximum Gasteiger partial charge on any atom is 0.326 e. The molecular weight excluding hydrogens is 268 g/mol. The summed E-state index contributed by atoms with van der Waals surface area (Å²) in [4.78, 5) is 46.3. The summed E-state index contributed by atoms with van der Waals surface area (Å²) in [6.07, 6.45) is -0.576. The Morgan fingerprint density at radius 2 is 1.45 bits per heavy atom. The third-order valence-electron chi connectivity index (χ3n) is 2.51. The average molecular weight is 288 g/mol. The SMILES string of the molecule is CC(N)C(=O)N(C(=O)C(C)N)C(CCC(N)=O)C(=O)O. The number of imide groups is 1. The van der Waals surface area contributed by atoms with Crippen LogP contribution in [0.4, 0.5) is 0 Å². The Morgan fingerprint density at radius 1 is 1.05 bits per heavy atom. The van der Waals surface area contributed by atoms with Gasteiger partial charge in [-0.1, -0.05) is 0 Å². The minimum absolute atomic E-state index is 0.286. The summed E-state index contributed by atoms with van der Waals surface area (Å²) in [5.74, 6) is -3.92. The predicted molar refractivity (Wildman–Crippen MR) is 69.0 cm³/mol. The van der Waals surface area contributed by atoms with E-state index in [-0.39, 0.29) is 12.8 Å². The number of nitrogens with two attached hydrogens (primary N) is 3. The van der Waals surface area contributed by atoms with Crippen LogP contribution in [0, 0.1) is 0 Å². The second-order valence-corrected chi connectivity index (χ2v) is 4.48. The summed E-state index contributed by atoms with van der Waals surface area (Å²) >= 11 is 0. The van der Waals surface area contributed by atoms with E-state index in [4.69, 9.17) is 22.3 Å². The van der Waals surface area contributed by atoms with Crippen molar-refractivity contribution in [3.05, 3.63) is 0 Å². The molecule has 0 aromatic heterocycles. The van der Waals surface area contributed by atoms with Gasteiger partial charge in [0.1, 0.15) is 6.04 Å². The summed E-state index contributed by atoms with van der Waals surface area (Å²) in [6, 6.07) is -3.68. The number of carboxylic acid groups (broad SMARTS) is 1. The molecular formula is C11H20N4O5. The number of carbonyl (C=O) groups excluding carboxylic acids is 3. The van der Waals surface area contributed by atoms with Crippen LogP contribution in [-0.2, 0) is 19.2 Å². The van der Waals surface area contributed by atoms with Gasteiger partial charge in [-0.25, -0.2) is 4.79 Å². The molecule has 0 rings (SSSR count). The highest BCUT2D eigenvalue weighted by Crippen LogP contribution is 2.11. The van der Waals surface area contributed by atoms with Crippen molar-refractivity contribution in [2.24, 2.45) is 17.2 Å². The molecule has 0 heterocycles. The lowest BCUT2D eigenvalue weighted by Crippen LogP contribution is -2.57. The van der Waals surface area contributed by atoms with Crippen molar-refractivity contribution in [1.29, 1.82) is 0 Å². The van der Waals surface area contributed by atoms with Gasteiger partial charge < -0.3 is 22.3 Å². The highest BCUT2D eigenvalue weighted by atomic mass is 16.4. The first kappa shape index (κ1) is 18.0. The Labute approximate surface area is 116 Å². The van der Waals surface area contributed by atoms with Crippen molar-refractivity contribution in [2.45, 2.75) is 44.8 Å². The molecule has 0 saturated carbocycles. The maximum absolute atomic E-state index is 11.9. The van der Waals surface area contributed by atoms with Crippen molar-refractivity contribution in [3.63, 3.8) is 0 Å². The van der Waals surface area contributed by atoms with Gasteiger partial charge in [0.2, 0.25) is 17.7 Å². The van der Waals surface area contributed by atoms with Crippen LogP contribution >= 0.6 is 0 Å². The highest BCUT2D eigenvalue weighted by molar-refractivity contribution is 6.02. The van der Waals surface area contributed by atoms with Crippen LogP contribution in [-0.4, -0.2) is 51.8 Å². The van der Waals surface area contributed by atoms with Crippen LogP contribution in [0.5, 0.6) is 0 Å². The predicted octanol–water partition coefficient (Wildman–Crippen LogP) is -2.25. The van der Waals surface area contributed by atoms with Gasteiger partial charge in [-0.2, -0.15) is 0 Å². The normalized spacial score (nSPS) is 15.0. The molecule has 0 saturated heterocycles. The van der Waals surface area contributed by atoms with E-state index in [2.05, 4.69) is 0 Å². The fourth-order valence-corrected chi connectivity index (χ4v) is 1.50. The topological polar surface area (TPSA) is 170 Å². The van der Waals surface area contributed by atoms with E-state index in [1.807, 2.05) is 0 Å². The molecule has 0 bridgehead atoms. The number of hydrogen-bond acceptors (Lipinski definition) is 6.